The van der Waals surface area contributed by atoms with Crippen LogP contribution in [0, 0.1) is 6.92 Å². The first-order valence-electron chi connectivity index (χ1n) is 7.98. The Morgan fingerprint density at radius 1 is 1.18 bits per heavy atom. The Hall–Kier alpha value is -3.56. The molecule has 0 spiro atoms. The average Bonchev–Trinajstić information content (AvgIpc) is 3.04. The van der Waals surface area contributed by atoms with Crippen LogP contribution in [0.15, 0.2) is 53.1 Å². The van der Waals surface area contributed by atoms with E-state index < -0.39 is 18.0 Å². The van der Waals surface area contributed by atoms with E-state index in [9.17, 15) is 18.0 Å². The largest absolute Gasteiger partial charge is 0.573 e. The Balaban J connectivity index is 1.71. The van der Waals surface area contributed by atoms with E-state index in [2.05, 4.69) is 20.2 Å². The first-order valence-corrected chi connectivity index (χ1v) is 7.98. The normalized spacial score (nSPS) is 11.1. The summed E-state index contributed by atoms with van der Waals surface area (Å²) in [5.74, 6) is -0.0631. The van der Waals surface area contributed by atoms with Crippen LogP contribution in [-0.2, 0) is 6.61 Å². The quantitative estimate of drug-likeness (QED) is 0.678. The molecule has 28 heavy (non-hydrogen) atoms. The van der Waals surface area contributed by atoms with Crippen LogP contribution in [0.3, 0.4) is 0 Å². The van der Waals surface area contributed by atoms with Crippen LogP contribution in [0.1, 0.15) is 22.1 Å². The number of benzene rings is 2. The van der Waals surface area contributed by atoms with Crippen LogP contribution in [0.4, 0.5) is 18.9 Å². The van der Waals surface area contributed by atoms with Crippen molar-refractivity contribution in [3.05, 3.63) is 65.8 Å². The molecule has 0 aliphatic rings. The van der Waals surface area contributed by atoms with Gasteiger partial charge in [-0.3, -0.25) is 4.79 Å². The van der Waals surface area contributed by atoms with E-state index in [1.807, 2.05) is 0 Å². The van der Waals surface area contributed by atoms with Crippen molar-refractivity contribution in [3.63, 3.8) is 0 Å². The van der Waals surface area contributed by atoms with Gasteiger partial charge in [0.2, 0.25) is 11.7 Å². The lowest BCUT2D eigenvalue weighted by Gasteiger charge is -2.12. The molecule has 0 saturated carbocycles. The first-order chi connectivity index (χ1) is 13.3. The van der Waals surface area contributed by atoms with Crippen LogP contribution in [0.25, 0.3) is 0 Å². The van der Waals surface area contributed by atoms with Crippen molar-refractivity contribution in [1.82, 2.24) is 10.1 Å². The molecular weight excluding hydrogens is 379 g/mol. The lowest BCUT2D eigenvalue weighted by atomic mass is 10.2. The lowest BCUT2D eigenvalue weighted by molar-refractivity contribution is -0.274. The number of nitrogens with one attached hydrogen (secondary N) is 1. The topological polar surface area (TPSA) is 86.5 Å². The minimum absolute atomic E-state index is 0.0173. The zero-order valence-electron chi connectivity index (χ0n) is 14.5. The van der Waals surface area contributed by atoms with Crippen molar-refractivity contribution in [2.75, 3.05) is 5.32 Å². The molecule has 0 bridgehead atoms. The van der Waals surface area contributed by atoms with E-state index in [0.29, 0.717) is 11.7 Å². The first kappa shape index (κ1) is 19.2. The Morgan fingerprint density at radius 2 is 1.96 bits per heavy atom. The summed E-state index contributed by atoms with van der Waals surface area (Å²) < 4.78 is 51.3. The predicted molar refractivity (Wildman–Crippen MR) is 90.9 cm³/mol. The molecule has 10 heteroatoms. The highest BCUT2D eigenvalue weighted by atomic mass is 19.4. The molecule has 0 aliphatic heterocycles. The molecule has 0 aliphatic carbocycles. The number of amides is 1. The maximum Gasteiger partial charge on any atom is 0.573 e. The van der Waals surface area contributed by atoms with Crippen molar-refractivity contribution >= 4 is 11.6 Å². The predicted octanol–water partition coefficient (Wildman–Crippen LogP) is 4.11. The summed E-state index contributed by atoms with van der Waals surface area (Å²) >= 11 is 0. The Kier molecular flexibility index (Phi) is 5.48. The third-order valence-electron chi connectivity index (χ3n) is 3.38. The molecule has 2 aromatic carbocycles. The molecule has 7 nitrogen and oxygen atoms in total. The average molecular weight is 393 g/mol. The molecule has 146 valence electrons. The number of aromatic nitrogens is 2. The van der Waals surface area contributed by atoms with Gasteiger partial charge < -0.3 is 19.3 Å². The number of rotatable bonds is 6. The van der Waals surface area contributed by atoms with Gasteiger partial charge in [0, 0.05) is 18.7 Å². The zero-order valence-corrected chi connectivity index (χ0v) is 14.5. The van der Waals surface area contributed by atoms with E-state index >= 15 is 0 Å². The summed E-state index contributed by atoms with van der Waals surface area (Å²) in [6.07, 6.45) is -4.82. The van der Waals surface area contributed by atoms with Gasteiger partial charge >= 0.3 is 6.36 Å². The number of aryl methyl sites for hydroxylation is 1. The maximum absolute atomic E-state index is 12.5. The fourth-order valence-electron chi connectivity index (χ4n) is 2.29. The highest BCUT2D eigenvalue weighted by Crippen LogP contribution is 2.26. The van der Waals surface area contributed by atoms with Gasteiger partial charge in [0.25, 0.3) is 5.91 Å². The summed E-state index contributed by atoms with van der Waals surface area (Å²) in [5, 5.41) is 6.21. The molecule has 1 aromatic heterocycles. The molecule has 3 rings (SSSR count). The molecular formula is C18H14F3N3O4. The number of halogens is 3. The van der Waals surface area contributed by atoms with E-state index in [4.69, 9.17) is 9.26 Å². The summed E-state index contributed by atoms with van der Waals surface area (Å²) in [5.41, 5.74) is 0.320. The van der Waals surface area contributed by atoms with Crippen molar-refractivity contribution in [2.45, 2.75) is 19.9 Å². The van der Waals surface area contributed by atoms with E-state index in [1.54, 1.807) is 25.1 Å². The number of carbonyl (C=O) groups excluding carboxylic acids is 1. The third kappa shape index (κ3) is 5.22. The fourth-order valence-corrected chi connectivity index (χ4v) is 2.29. The molecule has 1 N–H and O–H groups in total. The fraction of sp³-hybridized carbons (Fsp3) is 0.167. The number of hydrogen-bond acceptors (Lipinski definition) is 6. The number of carbonyl (C=O) groups is 1. The van der Waals surface area contributed by atoms with Crippen LogP contribution < -0.4 is 14.8 Å². The van der Waals surface area contributed by atoms with Gasteiger partial charge in [-0.15, -0.1) is 13.2 Å². The number of alkyl halides is 3. The van der Waals surface area contributed by atoms with Gasteiger partial charge in [-0.25, -0.2) is 0 Å². The number of nitrogens with zero attached hydrogens (tertiary/aromatic N) is 2. The zero-order chi connectivity index (χ0) is 20.1. The molecule has 0 atom stereocenters. The minimum atomic E-state index is -4.82. The smallest absolute Gasteiger partial charge is 0.485 e. The highest BCUT2D eigenvalue weighted by molar-refractivity contribution is 6.06. The molecule has 0 saturated heterocycles. The van der Waals surface area contributed by atoms with Crippen molar-refractivity contribution < 1.29 is 32.0 Å². The second kappa shape index (κ2) is 7.99. The Morgan fingerprint density at radius 3 is 2.68 bits per heavy atom. The standard InChI is InChI=1S/C18H14F3N3O4/c1-11-22-16(24-28-11)10-26-15-8-3-2-7-14(15)17(25)23-12-5-4-6-13(9-12)27-18(19,20)21/h2-9H,10H2,1H3,(H,23,25). The molecule has 3 aromatic rings. The molecule has 0 fully saturated rings. The van der Waals surface area contributed by atoms with E-state index in [-0.39, 0.29) is 23.6 Å². The highest BCUT2D eigenvalue weighted by Gasteiger charge is 2.31. The second-order valence-electron chi connectivity index (χ2n) is 5.54. The van der Waals surface area contributed by atoms with Gasteiger partial charge in [-0.05, 0) is 24.3 Å². The maximum atomic E-state index is 12.5. The van der Waals surface area contributed by atoms with Gasteiger partial charge in [0.1, 0.15) is 11.5 Å². The lowest BCUT2D eigenvalue weighted by Crippen LogP contribution is -2.17. The van der Waals surface area contributed by atoms with Gasteiger partial charge in [0.05, 0.1) is 5.56 Å². The van der Waals surface area contributed by atoms with Crippen LogP contribution in [0.5, 0.6) is 11.5 Å². The van der Waals surface area contributed by atoms with Crippen LogP contribution >= 0.6 is 0 Å². The number of anilines is 1. The Labute approximate surface area is 157 Å². The Bertz CT molecular complexity index is 972. The molecule has 0 radical (unpaired) electrons. The molecule has 1 amide bonds. The van der Waals surface area contributed by atoms with Crippen LogP contribution in [-0.4, -0.2) is 22.4 Å². The van der Waals surface area contributed by atoms with Crippen LogP contribution in [0.2, 0.25) is 0 Å². The van der Waals surface area contributed by atoms with Crippen molar-refractivity contribution in [1.29, 1.82) is 0 Å². The summed E-state index contributed by atoms with van der Waals surface area (Å²) in [6.45, 7) is 1.62. The number of hydrogen-bond donors (Lipinski definition) is 1. The third-order valence-corrected chi connectivity index (χ3v) is 3.38. The van der Waals surface area contributed by atoms with Crippen molar-refractivity contribution in [2.24, 2.45) is 0 Å². The summed E-state index contributed by atoms with van der Waals surface area (Å²) in [6, 6.07) is 11.4. The molecule has 1 heterocycles. The minimum Gasteiger partial charge on any atom is -0.485 e. The SMILES string of the molecule is Cc1nc(COc2ccccc2C(=O)Nc2cccc(OC(F)(F)F)c2)no1. The molecule has 0 unspecified atom stereocenters. The summed E-state index contributed by atoms with van der Waals surface area (Å²) in [4.78, 5) is 16.5. The monoisotopic (exact) mass is 393 g/mol. The number of para-hydroxylation sites is 1. The summed E-state index contributed by atoms with van der Waals surface area (Å²) in [7, 11) is 0. The van der Waals surface area contributed by atoms with E-state index in [0.717, 1.165) is 12.1 Å². The van der Waals surface area contributed by atoms with Gasteiger partial charge in [-0.1, -0.05) is 23.4 Å². The number of ether oxygens (including phenoxy) is 2. The van der Waals surface area contributed by atoms with Crippen molar-refractivity contribution in [3.8, 4) is 11.5 Å². The van der Waals surface area contributed by atoms with Gasteiger partial charge in [-0.2, -0.15) is 4.98 Å². The van der Waals surface area contributed by atoms with E-state index in [1.165, 1.54) is 18.2 Å². The second-order valence-corrected chi connectivity index (χ2v) is 5.54. The van der Waals surface area contributed by atoms with Gasteiger partial charge in [0.15, 0.2) is 6.61 Å².